The minimum absolute atomic E-state index is 0.0398. The van der Waals surface area contributed by atoms with Gasteiger partial charge in [0.1, 0.15) is 5.52 Å². The molecule has 1 aromatic heterocycles. The van der Waals surface area contributed by atoms with Gasteiger partial charge < -0.3 is 10.2 Å². The van der Waals surface area contributed by atoms with Crippen LogP contribution >= 0.6 is 23.2 Å². The van der Waals surface area contributed by atoms with Gasteiger partial charge >= 0.3 is 0 Å². The molecule has 2 atom stereocenters. The van der Waals surface area contributed by atoms with Crippen molar-refractivity contribution in [2.45, 2.75) is 25.9 Å². The molecular weight excluding hydrogens is 369 g/mol. The zero-order valence-corrected chi connectivity index (χ0v) is 16.3. The molecule has 136 valence electrons. The van der Waals surface area contributed by atoms with E-state index in [0.717, 1.165) is 36.2 Å². The van der Waals surface area contributed by atoms with Gasteiger partial charge in [-0.2, -0.15) is 0 Å². The summed E-state index contributed by atoms with van der Waals surface area (Å²) in [5.74, 6) is 0. The average molecular weight is 390 g/mol. The van der Waals surface area contributed by atoms with Crippen molar-refractivity contribution in [3.8, 4) is 0 Å². The molecule has 5 nitrogen and oxygen atoms in total. The summed E-state index contributed by atoms with van der Waals surface area (Å²) < 4.78 is 1.93. The number of halogens is 2. The lowest BCUT2D eigenvalue weighted by atomic mass is 10.1. The van der Waals surface area contributed by atoms with Crippen LogP contribution in [0.2, 0.25) is 10.0 Å². The maximum Gasteiger partial charge on any atom is 0.113 e. The third-order valence-electron chi connectivity index (χ3n) is 4.97. The number of hydrogen-bond acceptors (Lipinski definition) is 4. The lowest BCUT2D eigenvalue weighted by Gasteiger charge is -2.33. The topological polar surface area (TPSA) is 46.0 Å². The predicted molar refractivity (Wildman–Crippen MR) is 107 cm³/mol. The highest BCUT2D eigenvalue weighted by Gasteiger charge is 2.19. The van der Waals surface area contributed by atoms with E-state index in [1.54, 1.807) is 6.07 Å². The number of benzene rings is 2. The van der Waals surface area contributed by atoms with E-state index in [-0.39, 0.29) is 6.04 Å². The highest BCUT2D eigenvalue weighted by atomic mass is 35.5. The number of nitrogens with zero attached hydrogens (tertiary/aromatic N) is 4. The zero-order chi connectivity index (χ0) is 18.3. The standard InChI is InChI=1S/C19H21Cl2N5/c1-12-11-25(8-7-22-12)15-4-6-18-19(10-15)26(24-23-18)13(2)16-5-3-14(20)9-17(16)21/h3-6,9-10,12-13,22H,7-8,11H2,1-2H3/t12?,13-/m1/s1. The molecule has 0 spiro atoms. The first-order chi connectivity index (χ1) is 12.5. The van der Waals surface area contributed by atoms with Crippen molar-refractivity contribution in [3.63, 3.8) is 0 Å². The van der Waals surface area contributed by atoms with Gasteiger partial charge in [0, 0.05) is 41.4 Å². The molecule has 0 bridgehead atoms. The fourth-order valence-corrected chi connectivity index (χ4v) is 4.11. The summed E-state index contributed by atoms with van der Waals surface area (Å²) >= 11 is 12.4. The summed E-state index contributed by atoms with van der Waals surface area (Å²) in [6.45, 7) is 7.26. The van der Waals surface area contributed by atoms with E-state index in [2.05, 4.69) is 46.5 Å². The Bertz CT molecular complexity index is 939. The number of anilines is 1. The van der Waals surface area contributed by atoms with Crippen LogP contribution in [0.15, 0.2) is 36.4 Å². The first kappa shape index (κ1) is 17.6. The van der Waals surface area contributed by atoms with Gasteiger partial charge in [0.15, 0.2) is 0 Å². The Morgan fingerprint density at radius 1 is 1.19 bits per heavy atom. The van der Waals surface area contributed by atoms with Crippen molar-refractivity contribution < 1.29 is 0 Å². The number of hydrogen-bond donors (Lipinski definition) is 1. The summed E-state index contributed by atoms with van der Waals surface area (Å²) in [7, 11) is 0. The van der Waals surface area contributed by atoms with E-state index < -0.39 is 0 Å². The van der Waals surface area contributed by atoms with Crippen molar-refractivity contribution in [1.29, 1.82) is 0 Å². The third kappa shape index (κ3) is 3.27. The van der Waals surface area contributed by atoms with Gasteiger partial charge in [-0.15, -0.1) is 5.10 Å². The molecule has 0 saturated carbocycles. The SMILES string of the molecule is CC1CN(c2ccc3nnn([C@H](C)c4ccc(Cl)cc4Cl)c3c2)CCN1. The Kier molecular flexibility index (Phi) is 4.78. The Morgan fingerprint density at radius 2 is 2.04 bits per heavy atom. The number of aromatic nitrogens is 3. The third-order valence-corrected chi connectivity index (χ3v) is 5.53. The Hall–Kier alpha value is -1.82. The van der Waals surface area contributed by atoms with Crippen molar-refractivity contribution >= 4 is 39.9 Å². The fraction of sp³-hybridized carbons (Fsp3) is 0.368. The van der Waals surface area contributed by atoms with Crippen LogP contribution in [0.4, 0.5) is 5.69 Å². The van der Waals surface area contributed by atoms with E-state index in [0.29, 0.717) is 16.1 Å². The van der Waals surface area contributed by atoms with E-state index in [4.69, 9.17) is 23.2 Å². The first-order valence-corrected chi connectivity index (χ1v) is 9.57. The first-order valence-electron chi connectivity index (χ1n) is 8.81. The highest BCUT2D eigenvalue weighted by molar-refractivity contribution is 6.35. The molecule has 0 radical (unpaired) electrons. The van der Waals surface area contributed by atoms with Crippen LogP contribution in [0.1, 0.15) is 25.5 Å². The van der Waals surface area contributed by atoms with E-state index >= 15 is 0 Å². The Labute approximate surface area is 162 Å². The molecule has 1 saturated heterocycles. The van der Waals surface area contributed by atoms with E-state index in [1.165, 1.54) is 5.69 Å². The molecule has 7 heteroatoms. The molecule has 1 aliphatic heterocycles. The maximum absolute atomic E-state index is 6.40. The Balaban J connectivity index is 1.72. The minimum Gasteiger partial charge on any atom is -0.369 e. The van der Waals surface area contributed by atoms with Gasteiger partial charge in [0.25, 0.3) is 0 Å². The largest absolute Gasteiger partial charge is 0.369 e. The van der Waals surface area contributed by atoms with Crippen LogP contribution in [0.5, 0.6) is 0 Å². The quantitative estimate of drug-likeness (QED) is 0.730. The molecule has 1 aliphatic rings. The Morgan fingerprint density at radius 3 is 2.81 bits per heavy atom. The molecule has 2 heterocycles. The van der Waals surface area contributed by atoms with Crippen LogP contribution in [-0.4, -0.2) is 40.7 Å². The maximum atomic E-state index is 6.40. The number of nitrogens with one attached hydrogen (secondary N) is 1. The van der Waals surface area contributed by atoms with Gasteiger partial charge in [-0.1, -0.05) is 34.5 Å². The summed E-state index contributed by atoms with van der Waals surface area (Å²) in [4.78, 5) is 2.40. The lowest BCUT2D eigenvalue weighted by Crippen LogP contribution is -2.49. The highest BCUT2D eigenvalue weighted by Crippen LogP contribution is 2.31. The van der Waals surface area contributed by atoms with Crippen LogP contribution < -0.4 is 10.2 Å². The summed E-state index contributed by atoms with van der Waals surface area (Å²) in [6.07, 6.45) is 0. The van der Waals surface area contributed by atoms with Crippen LogP contribution in [-0.2, 0) is 0 Å². The number of fused-ring (bicyclic) bond motifs is 1. The van der Waals surface area contributed by atoms with Gasteiger partial charge in [-0.25, -0.2) is 4.68 Å². The molecule has 1 unspecified atom stereocenters. The van der Waals surface area contributed by atoms with Crippen molar-refractivity contribution in [2.75, 3.05) is 24.5 Å². The van der Waals surface area contributed by atoms with Gasteiger partial charge in [-0.3, -0.25) is 0 Å². The smallest absolute Gasteiger partial charge is 0.113 e. The van der Waals surface area contributed by atoms with E-state index in [9.17, 15) is 0 Å². The van der Waals surface area contributed by atoms with Crippen molar-refractivity contribution in [1.82, 2.24) is 20.3 Å². The molecule has 3 aromatic rings. The second kappa shape index (κ2) is 7.06. The molecule has 2 aromatic carbocycles. The van der Waals surface area contributed by atoms with Crippen LogP contribution in [0, 0.1) is 0 Å². The fourth-order valence-electron chi connectivity index (χ4n) is 3.55. The second-order valence-electron chi connectivity index (χ2n) is 6.85. The molecule has 0 aliphatic carbocycles. The minimum atomic E-state index is -0.0398. The molecule has 1 fully saturated rings. The van der Waals surface area contributed by atoms with Crippen molar-refractivity contribution in [2.24, 2.45) is 0 Å². The molecule has 26 heavy (non-hydrogen) atoms. The average Bonchev–Trinajstić information content (AvgIpc) is 3.04. The normalized spacial score (nSPS) is 19.1. The van der Waals surface area contributed by atoms with Gasteiger partial charge in [0.2, 0.25) is 0 Å². The second-order valence-corrected chi connectivity index (χ2v) is 7.69. The summed E-state index contributed by atoms with van der Waals surface area (Å²) in [5, 5.41) is 13.5. The summed E-state index contributed by atoms with van der Waals surface area (Å²) in [5.41, 5.74) is 4.06. The molecule has 1 N–H and O–H groups in total. The monoisotopic (exact) mass is 389 g/mol. The lowest BCUT2D eigenvalue weighted by molar-refractivity contribution is 0.485. The van der Waals surface area contributed by atoms with E-state index in [1.807, 2.05) is 22.9 Å². The number of piperazine rings is 1. The van der Waals surface area contributed by atoms with Crippen LogP contribution in [0.3, 0.4) is 0 Å². The zero-order valence-electron chi connectivity index (χ0n) is 14.8. The molecule has 0 amide bonds. The summed E-state index contributed by atoms with van der Waals surface area (Å²) in [6, 6.07) is 12.3. The predicted octanol–water partition coefficient (Wildman–Crippen LogP) is 4.15. The molecular formula is C19H21Cl2N5. The van der Waals surface area contributed by atoms with Gasteiger partial charge in [-0.05, 0) is 49.7 Å². The van der Waals surface area contributed by atoms with Crippen molar-refractivity contribution in [3.05, 3.63) is 52.0 Å². The van der Waals surface area contributed by atoms with Gasteiger partial charge in [0.05, 0.1) is 11.6 Å². The number of rotatable bonds is 3. The van der Waals surface area contributed by atoms with Crippen LogP contribution in [0.25, 0.3) is 11.0 Å². The molecule has 4 rings (SSSR count).